The Morgan fingerprint density at radius 1 is 1.23 bits per heavy atom. The Kier molecular flexibility index (Phi) is 5.87. The minimum atomic E-state index is -0.262. The normalized spacial score (nSPS) is 15.1. The van der Waals surface area contributed by atoms with Crippen LogP contribution in [0.25, 0.3) is 10.9 Å². The number of nitrogens with zero attached hydrogens (tertiary/aromatic N) is 1. The Bertz CT molecular complexity index is 1250. The molecule has 1 aliphatic carbocycles. The number of carbonyl (C=O) groups excluding carboxylic acids is 1. The molecule has 0 saturated heterocycles. The number of H-pyrrole nitrogens is 1. The highest BCUT2D eigenvalue weighted by Crippen LogP contribution is 2.40. The Balaban J connectivity index is 1.58. The molecular formula is C24H24FN3O2S. The molecule has 160 valence electrons. The predicted molar refractivity (Wildman–Crippen MR) is 122 cm³/mol. The number of carbonyl (C=O) groups is 1. The van der Waals surface area contributed by atoms with Gasteiger partial charge in [-0.3, -0.25) is 14.2 Å². The largest absolute Gasteiger partial charge is 0.351 e. The lowest BCUT2D eigenvalue weighted by atomic mass is 9.78. The minimum Gasteiger partial charge on any atom is -0.351 e. The third-order valence-corrected chi connectivity index (χ3v) is 6.48. The molecule has 1 heterocycles. The lowest BCUT2D eigenvalue weighted by Gasteiger charge is -2.30. The summed E-state index contributed by atoms with van der Waals surface area (Å²) in [7, 11) is 0. The van der Waals surface area contributed by atoms with E-state index in [1.807, 2.05) is 12.1 Å². The number of rotatable bonds is 6. The number of benzene rings is 2. The highest BCUT2D eigenvalue weighted by Gasteiger charge is 2.36. The lowest BCUT2D eigenvalue weighted by molar-refractivity contribution is 0.0943. The van der Waals surface area contributed by atoms with Crippen molar-refractivity contribution in [3.8, 4) is 0 Å². The van der Waals surface area contributed by atoms with Crippen molar-refractivity contribution in [2.75, 3.05) is 6.54 Å². The van der Waals surface area contributed by atoms with E-state index in [4.69, 9.17) is 12.2 Å². The van der Waals surface area contributed by atoms with Crippen LogP contribution in [0.1, 0.15) is 41.6 Å². The summed E-state index contributed by atoms with van der Waals surface area (Å²) in [6, 6.07) is 11.5. The first-order valence-electron chi connectivity index (χ1n) is 10.4. The Labute approximate surface area is 184 Å². The highest BCUT2D eigenvalue weighted by atomic mass is 32.1. The van der Waals surface area contributed by atoms with E-state index in [0.717, 1.165) is 31.2 Å². The SMILES string of the molecule is C=CCn1c(=S)[nH]c2cc(C(=O)NCC3(c4ccc(F)cc4)CCCC3)ccc2c1=O. The number of amides is 1. The Hall–Kier alpha value is -3.06. The fourth-order valence-corrected chi connectivity index (χ4v) is 4.73. The molecule has 3 aromatic rings. The van der Waals surface area contributed by atoms with Crippen LogP contribution in [0.15, 0.2) is 59.9 Å². The van der Waals surface area contributed by atoms with E-state index >= 15 is 0 Å². The second kappa shape index (κ2) is 8.59. The number of aromatic nitrogens is 2. The van der Waals surface area contributed by atoms with Gasteiger partial charge in [0, 0.05) is 24.1 Å². The van der Waals surface area contributed by atoms with Gasteiger partial charge in [-0.1, -0.05) is 31.1 Å². The third kappa shape index (κ3) is 4.10. The number of nitrogens with one attached hydrogen (secondary N) is 2. The van der Waals surface area contributed by atoms with Gasteiger partial charge in [-0.15, -0.1) is 6.58 Å². The van der Waals surface area contributed by atoms with Gasteiger partial charge in [0.15, 0.2) is 4.77 Å². The maximum absolute atomic E-state index is 13.4. The molecule has 0 radical (unpaired) electrons. The number of fused-ring (bicyclic) bond motifs is 1. The van der Waals surface area contributed by atoms with Crippen molar-refractivity contribution in [1.82, 2.24) is 14.9 Å². The molecule has 1 amide bonds. The van der Waals surface area contributed by atoms with Crippen LogP contribution >= 0.6 is 12.2 Å². The van der Waals surface area contributed by atoms with Crippen molar-refractivity contribution >= 4 is 29.0 Å². The van der Waals surface area contributed by atoms with Crippen molar-refractivity contribution in [3.05, 3.63) is 87.2 Å². The quantitative estimate of drug-likeness (QED) is 0.437. The number of hydrogen-bond donors (Lipinski definition) is 2. The van der Waals surface area contributed by atoms with E-state index in [2.05, 4.69) is 16.9 Å². The maximum Gasteiger partial charge on any atom is 0.262 e. The summed E-state index contributed by atoms with van der Waals surface area (Å²) in [5, 5.41) is 3.51. The smallest absolute Gasteiger partial charge is 0.262 e. The first-order chi connectivity index (χ1) is 14.9. The molecule has 1 aromatic heterocycles. The Morgan fingerprint density at radius 2 is 1.94 bits per heavy atom. The molecule has 0 bridgehead atoms. The monoisotopic (exact) mass is 437 g/mol. The summed E-state index contributed by atoms with van der Waals surface area (Å²) in [5.41, 5.74) is 1.63. The van der Waals surface area contributed by atoms with Crippen molar-refractivity contribution in [2.24, 2.45) is 0 Å². The molecule has 1 fully saturated rings. The molecule has 4 rings (SSSR count). The minimum absolute atomic E-state index is 0.182. The number of halogens is 1. The zero-order valence-corrected chi connectivity index (χ0v) is 17.9. The van der Waals surface area contributed by atoms with E-state index in [-0.39, 0.29) is 27.5 Å². The van der Waals surface area contributed by atoms with E-state index in [1.165, 1.54) is 16.7 Å². The molecule has 31 heavy (non-hydrogen) atoms. The standard InChI is InChI=1S/C24H24FN3O2S/c1-2-13-28-22(30)19-10-5-16(14-20(19)27-23(28)31)21(29)26-15-24(11-3-4-12-24)17-6-8-18(25)9-7-17/h2,5-10,14H,1,3-4,11-13,15H2,(H,26,29)(H,27,31). The second-order valence-corrected chi connectivity index (χ2v) is 8.46. The van der Waals surface area contributed by atoms with Crippen LogP contribution in [0.4, 0.5) is 4.39 Å². The summed E-state index contributed by atoms with van der Waals surface area (Å²) in [5.74, 6) is -0.480. The molecule has 2 N–H and O–H groups in total. The molecular weight excluding hydrogens is 413 g/mol. The summed E-state index contributed by atoms with van der Waals surface area (Å²) < 4.78 is 15.1. The van der Waals surface area contributed by atoms with Gasteiger partial charge in [-0.2, -0.15) is 0 Å². The number of hydrogen-bond acceptors (Lipinski definition) is 3. The van der Waals surface area contributed by atoms with Crippen LogP contribution in [0, 0.1) is 10.6 Å². The highest BCUT2D eigenvalue weighted by molar-refractivity contribution is 7.71. The molecule has 0 spiro atoms. The van der Waals surface area contributed by atoms with Crippen molar-refractivity contribution in [1.29, 1.82) is 0 Å². The van der Waals surface area contributed by atoms with E-state index < -0.39 is 0 Å². The molecule has 2 aromatic carbocycles. The van der Waals surface area contributed by atoms with Crippen LogP contribution in [0.3, 0.4) is 0 Å². The second-order valence-electron chi connectivity index (χ2n) is 8.07. The van der Waals surface area contributed by atoms with Crippen LogP contribution in [-0.4, -0.2) is 22.0 Å². The average Bonchev–Trinajstić information content (AvgIpc) is 3.25. The first kappa shape index (κ1) is 21.2. The van der Waals surface area contributed by atoms with E-state index in [0.29, 0.717) is 29.6 Å². The molecule has 5 nitrogen and oxygen atoms in total. The summed E-state index contributed by atoms with van der Waals surface area (Å²) >= 11 is 5.28. The molecule has 1 aliphatic rings. The molecule has 7 heteroatoms. The van der Waals surface area contributed by atoms with Gasteiger partial charge in [0.2, 0.25) is 0 Å². The van der Waals surface area contributed by atoms with Crippen LogP contribution in [0.5, 0.6) is 0 Å². The van der Waals surface area contributed by atoms with Gasteiger partial charge >= 0.3 is 0 Å². The van der Waals surface area contributed by atoms with Gasteiger partial charge in [0.25, 0.3) is 11.5 Å². The van der Waals surface area contributed by atoms with Crippen LogP contribution in [-0.2, 0) is 12.0 Å². The Morgan fingerprint density at radius 3 is 2.61 bits per heavy atom. The summed E-state index contributed by atoms with van der Waals surface area (Å²) in [6.45, 7) is 4.44. The van der Waals surface area contributed by atoms with Gasteiger partial charge in [-0.05, 0) is 61.0 Å². The molecule has 0 aliphatic heterocycles. The summed E-state index contributed by atoms with van der Waals surface area (Å²) in [4.78, 5) is 28.6. The first-order valence-corrected chi connectivity index (χ1v) is 10.8. The molecule has 0 unspecified atom stereocenters. The molecule has 0 atom stereocenters. The predicted octanol–water partition coefficient (Wildman–Crippen LogP) is 4.63. The maximum atomic E-state index is 13.4. The number of aromatic amines is 1. The van der Waals surface area contributed by atoms with Gasteiger partial charge < -0.3 is 10.3 Å². The zero-order chi connectivity index (χ0) is 22.0. The van der Waals surface area contributed by atoms with Gasteiger partial charge in [0.05, 0.1) is 10.9 Å². The third-order valence-electron chi connectivity index (χ3n) is 6.16. The fraction of sp³-hybridized carbons (Fsp3) is 0.292. The van der Waals surface area contributed by atoms with E-state index in [1.54, 1.807) is 24.3 Å². The van der Waals surface area contributed by atoms with Crippen molar-refractivity contribution in [3.63, 3.8) is 0 Å². The van der Waals surface area contributed by atoms with E-state index in [9.17, 15) is 14.0 Å². The zero-order valence-electron chi connectivity index (χ0n) is 17.1. The van der Waals surface area contributed by atoms with Gasteiger partial charge in [-0.25, -0.2) is 4.39 Å². The number of allylic oxidation sites excluding steroid dienone is 1. The lowest BCUT2D eigenvalue weighted by Crippen LogP contribution is -2.39. The molecule has 1 saturated carbocycles. The van der Waals surface area contributed by atoms with Crippen molar-refractivity contribution < 1.29 is 9.18 Å². The topological polar surface area (TPSA) is 66.9 Å². The van der Waals surface area contributed by atoms with Crippen LogP contribution in [0.2, 0.25) is 0 Å². The average molecular weight is 438 g/mol. The summed E-state index contributed by atoms with van der Waals surface area (Å²) in [6.07, 6.45) is 5.67. The van der Waals surface area contributed by atoms with Crippen molar-refractivity contribution in [2.45, 2.75) is 37.6 Å². The van der Waals surface area contributed by atoms with Crippen LogP contribution < -0.4 is 10.9 Å². The van der Waals surface area contributed by atoms with Gasteiger partial charge in [0.1, 0.15) is 5.82 Å². The fourth-order valence-electron chi connectivity index (χ4n) is 4.46.